The summed E-state index contributed by atoms with van der Waals surface area (Å²) in [5.74, 6) is 3.22. The molecule has 0 radical (unpaired) electrons. The van der Waals surface area contributed by atoms with E-state index in [-0.39, 0.29) is 16.3 Å². The Morgan fingerprint density at radius 3 is 2.41 bits per heavy atom. The number of alkyl halides is 1. The van der Waals surface area contributed by atoms with Crippen molar-refractivity contribution < 1.29 is 9.90 Å². The summed E-state index contributed by atoms with van der Waals surface area (Å²) in [7, 11) is 0. The number of rotatable bonds is 0. The molecular weight excluding hydrogens is 340 g/mol. The molecule has 1 N–H and O–H groups in total. The normalized spacial score (nSPS) is 57.9. The van der Waals surface area contributed by atoms with Crippen molar-refractivity contribution in [3.63, 3.8) is 0 Å². The Labute approximate surface area is 142 Å². The first kappa shape index (κ1) is 15.6. The monoisotopic (exact) mass is 368 g/mol. The fourth-order valence-electron chi connectivity index (χ4n) is 7.06. The minimum Gasteiger partial charge on any atom is -0.393 e. The van der Waals surface area contributed by atoms with Crippen LogP contribution in [0.25, 0.3) is 0 Å². The summed E-state index contributed by atoms with van der Waals surface area (Å²) in [6.07, 6.45) is 8.90. The number of Topliss-reactive ketones (excluding diaryl/α,β-unsaturated/α-hetero) is 1. The zero-order chi connectivity index (χ0) is 15.7. The molecule has 4 aliphatic rings. The van der Waals surface area contributed by atoms with E-state index in [1.807, 2.05) is 0 Å². The highest BCUT2D eigenvalue weighted by Gasteiger charge is 2.61. The maximum absolute atomic E-state index is 12.1. The topological polar surface area (TPSA) is 37.3 Å². The highest BCUT2D eigenvalue weighted by atomic mass is 79.9. The number of halogens is 1. The SMILES string of the molecule is C[C@]12CCC(=O)[C@@H](Br)[C@H]1CC[C@H]1[C@H]2CC[C@@]2(C)[C@@H]1CC[C@@H]2O. The van der Waals surface area contributed by atoms with Crippen molar-refractivity contribution >= 4 is 21.7 Å². The second-order valence-corrected chi connectivity index (χ2v) is 10.1. The molecule has 0 aromatic heterocycles. The summed E-state index contributed by atoms with van der Waals surface area (Å²) in [4.78, 5) is 12.2. The fourth-order valence-corrected chi connectivity index (χ4v) is 8.16. The first-order valence-electron chi connectivity index (χ1n) is 9.23. The molecule has 0 heterocycles. The zero-order valence-electron chi connectivity index (χ0n) is 13.9. The largest absolute Gasteiger partial charge is 0.393 e. The lowest BCUT2D eigenvalue weighted by Crippen LogP contribution is -2.56. The summed E-state index contributed by atoms with van der Waals surface area (Å²) in [5.41, 5.74) is 0.502. The number of ketones is 1. The summed E-state index contributed by atoms with van der Waals surface area (Å²) < 4.78 is 0. The zero-order valence-corrected chi connectivity index (χ0v) is 15.4. The van der Waals surface area contributed by atoms with Crippen LogP contribution in [0.1, 0.15) is 65.2 Å². The molecule has 0 bridgehead atoms. The molecule has 3 heteroatoms. The molecular formula is C19H29BrO2. The van der Waals surface area contributed by atoms with Crippen molar-refractivity contribution in [1.82, 2.24) is 0 Å². The Morgan fingerprint density at radius 2 is 1.64 bits per heavy atom. The Hall–Kier alpha value is 0.110. The van der Waals surface area contributed by atoms with Crippen molar-refractivity contribution in [3.05, 3.63) is 0 Å². The molecule has 4 rings (SSSR count). The van der Waals surface area contributed by atoms with Gasteiger partial charge in [-0.2, -0.15) is 0 Å². The van der Waals surface area contributed by atoms with Gasteiger partial charge in [-0.25, -0.2) is 0 Å². The third-order valence-electron chi connectivity index (χ3n) is 8.46. The second kappa shape index (κ2) is 5.05. The van der Waals surface area contributed by atoms with Crippen LogP contribution in [0.3, 0.4) is 0 Å². The number of hydrogen-bond donors (Lipinski definition) is 1. The van der Waals surface area contributed by atoms with Gasteiger partial charge in [0.15, 0.2) is 0 Å². The summed E-state index contributed by atoms with van der Waals surface area (Å²) in [6.45, 7) is 4.82. The Balaban J connectivity index is 1.65. The average Bonchev–Trinajstić information content (AvgIpc) is 2.79. The molecule has 0 unspecified atom stereocenters. The average molecular weight is 369 g/mol. The lowest BCUT2D eigenvalue weighted by atomic mass is 9.45. The minimum atomic E-state index is -0.0826. The molecule has 124 valence electrons. The van der Waals surface area contributed by atoms with Crippen molar-refractivity contribution in [2.45, 2.75) is 76.1 Å². The molecule has 0 spiro atoms. The van der Waals surface area contributed by atoms with Gasteiger partial charge in [-0.3, -0.25) is 4.79 Å². The van der Waals surface area contributed by atoms with Gasteiger partial charge < -0.3 is 5.11 Å². The van der Waals surface area contributed by atoms with Gasteiger partial charge in [0.2, 0.25) is 0 Å². The van der Waals surface area contributed by atoms with Crippen molar-refractivity contribution in [2.75, 3.05) is 0 Å². The molecule has 0 aromatic carbocycles. The molecule has 0 aliphatic heterocycles. The molecule has 4 fully saturated rings. The van der Waals surface area contributed by atoms with E-state index in [0.717, 1.165) is 31.1 Å². The van der Waals surface area contributed by atoms with E-state index < -0.39 is 0 Å². The number of aliphatic hydroxyl groups is 1. The number of hydrogen-bond acceptors (Lipinski definition) is 2. The van der Waals surface area contributed by atoms with E-state index in [1.165, 1.54) is 32.1 Å². The second-order valence-electron chi connectivity index (χ2n) is 9.07. The molecule has 4 aliphatic carbocycles. The van der Waals surface area contributed by atoms with E-state index in [1.54, 1.807) is 0 Å². The van der Waals surface area contributed by atoms with E-state index in [4.69, 9.17) is 0 Å². The lowest BCUT2D eigenvalue weighted by Gasteiger charge is -2.60. The van der Waals surface area contributed by atoms with Crippen molar-refractivity contribution in [2.24, 2.45) is 34.5 Å². The first-order valence-corrected chi connectivity index (χ1v) is 10.1. The summed E-state index contributed by atoms with van der Waals surface area (Å²) in [6, 6.07) is 0. The Bertz CT molecular complexity index is 492. The van der Waals surface area contributed by atoms with E-state index in [0.29, 0.717) is 23.0 Å². The molecule has 0 saturated heterocycles. The van der Waals surface area contributed by atoms with Gasteiger partial charge >= 0.3 is 0 Å². The molecule has 4 saturated carbocycles. The van der Waals surface area contributed by atoms with Crippen LogP contribution in [0.15, 0.2) is 0 Å². The highest BCUT2D eigenvalue weighted by Crippen LogP contribution is 2.66. The minimum absolute atomic E-state index is 0.0826. The van der Waals surface area contributed by atoms with Crippen molar-refractivity contribution in [1.29, 1.82) is 0 Å². The molecule has 22 heavy (non-hydrogen) atoms. The number of carbonyl (C=O) groups excluding carboxylic acids is 1. The van der Waals surface area contributed by atoms with Crippen LogP contribution in [-0.4, -0.2) is 21.8 Å². The Kier molecular flexibility index (Phi) is 3.59. The van der Waals surface area contributed by atoms with Gasteiger partial charge in [-0.1, -0.05) is 29.8 Å². The first-order chi connectivity index (χ1) is 10.4. The van der Waals surface area contributed by atoms with Crippen LogP contribution in [-0.2, 0) is 4.79 Å². The quantitative estimate of drug-likeness (QED) is 0.646. The standard InChI is InChI=1S/C19H29BrO2/c1-18-10-8-15(21)17(20)14(18)4-3-11-12-5-6-16(22)19(12,2)9-7-13(11)18/h11-14,16-17,22H,3-10H2,1-2H3/t11-,12-,13-,14-,16+,17+,18-,19+/m1/s1. The summed E-state index contributed by atoms with van der Waals surface area (Å²) in [5, 5.41) is 10.5. The molecule has 2 nitrogen and oxygen atoms in total. The van der Waals surface area contributed by atoms with Gasteiger partial charge in [0, 0.05) is 6.42 Å². The molecule has 0 amide bonds. The van der Waals surface area contributed by atoms with Gasteiger partial charge in [-0.05, 0) is 79.4 Å². The highest BCUT2D eigenvalue weighted by molar-refractivity contribution is 9.10. The van der Waals surface area contributed by atoms with Crippen LogP contribution in [0.2, 0.25) is 0 Å². The lowest BCUT2D eigenvalue weighted by molar-refractivity contribution is -0.140. The number of carbonyl (C=O) groups is 1. The van der Waals surface area contributed by atoms with Gasteiger partial charge in [0.25, 0.3) is 0 Å². The molecule has 8 atom stereocenters. The third-order valence-corrected chi connectivity index (χ3v) is 9.61. The van der Waals surface area contributed by atoms with Crippen LogP contribution < -0.4 is 0 Å². The fraction of sp³-hybridized carbons (Fsp3) is 0.947. The molecule has 0 aromatic rings. The van der Waals surface area contributed by atoms with Crippen LogP contribution >= 0.6 is 15.9 Å². The van der Waals surface area contributed by atoms with Crippen LogP contribution in [0, 0.1) is 34.5 Å². The number of fused-ring (bicyclic) bond motifs is 5. The van der Waals surface area contributed by atoms with Crippen LogP contribution in [0.4, 0.5) is 0 Å². The predicted octanol–water partition coefficient (Wildman–Crippen LogP) is 4.33. The third kappa shape index (κ3) is 1.90. The van der Waals surface area contributed by atoms with Gasteiger partial charge in [-0.15, -0.1) is 0 Å². The van der Waals surface area contributed by atoms with Gasteiger partial charge in [0.05, 0.1) is 10.9 Å². The maximum Gasteiger partial charge on any atom is 0.146 e. The Morgan fingerprint density at radius 1 is 0.955 bits per heavy atom. The van der Waals surface area contributed by atoms with Gasteiger partial charge in [0.1, 0.15) is 5.78 Å². The summed E-state index contributed by atoms with van der Waals surface area (Å²) >= 11 is 3.73. The van der Waals surface area contributed by atoms with E-state index >= 15 is 0 Å². The maximum atomic E-state index is 12.1. The smallest absolute Gasteiger partial charge is 0.146 e. The van der Waals surface area contributed by atoms with Crippen LogP contribution in [0.5, 0.6) is 0 Å². The number of aliphatic hydroxyl groups excluding tert-OH is 1. The van der Waals surface area contributed by atoms with E-state index in [2.05, 4.69) is 29.8 Å². The predicted molar refractivity (Wildman–Crippen MR) is 90.8 cm³/mol. The van der Waals surface area contributed by atoms with Crippen molar-refractivity contribution in [3.8, 4) is 0 Å². The van der Waals surface area contributed by atoms with E-state index in [9.17, 15) is 9.90 Å².